The van der Waals surface area contributed by atoms with Crippen LogP contribution in [0.4, 0.5) is 5.69 Å². The van der Waals surface area contributed by atoms with Gasteiger partial charge < -0.3 is 5.11 Å². The Hall–Kier alpha value is -1.96. The van der Waals surface area contributed by atoms with Gasteiger partial charge in [-0.15, -0.1) is 0 Å². The number of aromatic nitrogens is 2. The summed E-state index contributed by atoms with van der Waals surface area (Å²) in [4.78, 5) is 12.3. The molecule has 1 atom stereocenters. The van der Waals surface area contributed by atoms with Gasteiger partial charge in [-0.3, -0.25) is 19.7 Å². The predicted molar refractivity (Wildman–Crippen MR) is 85.3 cm³/mol. The molecule has 1 aliphatic rings. The Morgan fingerprint density at radius 3 is 2.96 bits per heavy atom. The molecule has 0 amide bonds. The number of aliphatic hydroxyl groups is 1. The number of rotatable bonds is 5. The van der Waals surface area contributed by atoms with E-state index in [1.54, 1.807) is 0 Å². The lowest BCUT2D eigenvalue weighted by Crippen LogP contribution is -2.38. The van der Waals surface area contributed by atoms with Crippen LogP contribution in [0.3, 0.4) is 0 Å². The molecule has 0 radical (unpaired) electrons. The summed E-state index contributed by atoms with van der Waals surface area (Å²) in [5, 5.41) is 25.5. The molecule has 0 saturated heterocycles. The van der Waals surface area contributed by atoms with Crippen molar-refractivity contribution in [1.29, 1.82) is 0 Å². The Balaban J connectivity index is 1.58. The van der Waals surface area contributed by atoms with Gasteiger partial charge in [0.15, 0.2) is 0 Å². The van der Waals surface area contributed by atoms with E-state index in [9.17, 15) is 15.2 Å². The van der Waals surface area contributed by atoms with Crippen LogP contribution in [0.25, 0.3) is 0 Å². The summed E-state index contributed by atoms with van der Waals surface area (Å²) in [6.07, 6.45) is 2.79. The first-order valence-electron chi connectivity index (χ1n) is 7.36. The van der Waals surface area contributed by atoms with Gasteiger partial charge in [0.2, 0.25) is 0 Å². The van der Waals surface area contributed by atoms with Gasteiger partial charge in [0, 0.05) is 24.7 Å². The Morgan fingerprint density at radius 1 is 1.39 bits per heavy atom. The number of aliphatic hydroxyl groups excluding tert-OH is 1. The summed E-state index contributed by atoms with van der Waals surface area (Å²) in [6, 6.07) is 5.91. The molecule has 2 aromatic rings. The first-order chi connectivity index (χ1) is 11.0. The van der Waals surface area contributed by atoms with Crippen molar-refractivity contribution < 1.29 is 10.0 Å². The quantitative estimate of drug-likeness (QED) is 0.665. The Labute approximate surface area is 138 Å². The third-order valence-electron chi connectivity index (χ3n) is 3.96. The molecular formula is C15H17ClN4O3. The Morgan fingerprint density at radius 2 is 2.22 bits per heavy atom. The SMILES string of the molecule is O=[N+]([O-])c1cnn(CC(O)CN2CCc3ccc(Cl)cc3C2)c1. The lowest BCUT2D eigenvalue weighted by atomic mass is 9.99. The van der Waals surface area contributed by atoms with Gasteiger partial charge in [0.25, 0.3) is 0 Å². The highest BCUT2D eigenvalue weighted by molar-refractivity contribution is 6.30. The van der Waals surface area contributed by atoms with E-state index < -0.39 is 11.0 Å². The van der Waals surface area contributed by atoms with Crippen molar-refractivity contribution in [3.63, 3.8) is 0 Å². The number of hydrogen-bond acceptors (Lipinski definition) is 5. The normalized spacial score (nSPS) is 16.1. The van der Waals surface area contributed by atoms with Gasteiger partial charge in [-0.2, -0.15) is 5.10 Å². The van der Waals surface area contributed by atoms with E-state index in [1.807, 2.05) is 18.2 Å². The smallest absolute Gasteiger partial charge is 0.306 e. The first-order valence-corrected chi connectivity index (χ1v) is 7.73. The standard InChI is InChI=1S/C15H17ClN4O3/c16-13-2-1-11-3-4-18(7-12(11)5-13)9-15(21)10-19-8-14(6-17-19)20(22)23/h1-2,5-6,8,15,21H,3-4,7,9-10H2. The molecule has 2 heterocycles. The lowest BCUT2D eigenvalue weighted by molar-refractivity contribution is -0.385. The molecule has 0 saturated carbocycles. The number of halogens is 1. The fraction of sp³-hybridized carbons (Fsp3) is 0.400. The van der Waals surface area contributed by atoms with Gasteiger partial charge in [0.05, 0.1) is 17.6 Å². The number of benzene rings is 1. The summed E-state index contributed by atoms with van der Waals surface area (Å²) >= 11 is 6.03. The van der Waals surface area contributed by atoms with Crippen LogP contribution in [0.1, 0.15) is 11.1 Å². The first kappa shape index (κ1) is 15.9. The van der Waals surface area contributed by atoms with Crippen LogP contribution >= 0.6 is 11.6 Å². The second-order valence-electron chi connectivity index (χ2n) is 5.73. The highest BCUT2D eigenvalue weighted by atomic mass is 35.5. The molecule has 8 heteroatoms. The van der Waals surface area contributed by atoms with Crippen molar-refractivity contribution >= 4 is 17.3 Å². The van der Waals surface area contributed by atoms with Crippen LogP contribution in [0.2, 0.25) is 5.02 Å². The molecule has 1 aliphatic heterocycles. The largest absolute Gasteiger partial charge is 0.390 e. The Kier molecular flexibility index (Phi) is 4.61. The zero-order valence-electron chi connectivity index (χ0n) is 12.4. The average molecular weight is 337 g/mol. The Bertz CT molecular complexity index is 718. The predicted octanol–water partition coefficient (Wildman–Crippen LogP) is 1.86. The third-order valence-corrected chi connectivity index (χ3v) is 4.19. The van der Waals surface area contributed by atoms with Crippen molar-refractivity contribution in [2.45, 2.75) is 25.6 Å². The third kappa shape index (κ3) is 3.87. The molecule has 7 nitrogen and oxygen atoms in total. The molecular weight excluding hydrogens is 320 g/mol. The van der Waals surface area contributed by atoms with Crippen LogP contribution in [-0.2, 0) is 19.5 Å². The number of nitrogens with zero attached hydrogens (tertiary/aromatic N) is 4. The van der Waals surface area contributed by atoms with Crippen LogP contribution < -0.4 is 0 Å². The van der Waals surface area contributed by atoms with E-state index in [1.165, 1.54) is 28.2 Å². The monoisotopic (exact) mass is 336 g/mol. The molecule has 0 spiro atoms. The van der Waals surface area contributed by atoms with E-state index in [4.69, 9.17) is 11.6 Å². The maximum Gasteiger partial charge on any atom is 0.306 e. The summed E-state index contributed by atoms with van der Waals surface area (Å²) in [5.41, 5.74) is 2.41. The summed E-state index contributed by atoms with van der Waals surface area (Å²) < 4.78 is 1.40. The van der Waals surface area contributed by atoms with E-state index in [2.05, 4.69) is 10.00 Å². The van der Waals surface area contributed by atoms with Gasteiger partial charge >= 0.3 is 5.69 Å². The minimum absolute atomic E-state index is 0.0706. The average Bonchev–Trinajstić information content (AvgIpc) is 2.95. The molecule has 1 aromatic carbocycles. The molecule has 1 N–H and O–H groups in total. The van der Waals surface area contributed by atoms with E-state index in [0.29, 0.717) is 6.54 Å². The van der Waals surface area contributed by atoms with E-state index in [0.717, 1.165) is 24.5 Å². The topological polar surface area (TPSA) is 84.4 Å². The zero-order chi connectivity index (χ0) is 16.4. The molecule has 0 fully saturated rings. The van der Waals surface area contributed by atoms with Crippen molar-refractivity contribution in [1.82, 2.24) is 14.7 Å². The highest BCUT2D eigenvalue weighted by Gasteiger charge is 2.20. The molecule has 1 unspecified atom stereocenters. The van der Waals surface area contributed by atoms with Crippen molar-refractivity contribution in [3.05, 3.63) is 56.9 Å². The van der Waals surface area contributed by atoms with Crippen molar-refractivity contribution in [3.8, 4) is 0 Å². The van der Waals surface area contributed by atoms with Gasteiger partial charge in [-0.1, -0.05) is 17.7 Å². The van der Waals surface area contributed by atoms with E-state index in [-0.39, 0.29) is 12.2 Å². The number of fused-ring (bicyclic) bond motifs is 1. The molecule has 0 aliphatic carbocycles. The number of β-amino-alcohol motifs (C(OH)–C–C–N with tert-alkyl or cyclic N) is 1. The van der Waals surface area contributed by atoms with Gasteiger partial charge in [0.1, 0.15) is 12.4 Å². The van der Waals surface area contributed by atoms with E-state index >= 15 is 0 Å². The van der Waals surface area contributed by atoms with Crippen molar-refractivity contribution in [2.75, 3.05) is 13.1 Å². The van der Waals surface area contributed by atoms with Gasteiger partial charge in [-0.25, -0.2) is 0 Å². The lowest BCUT2D eigenvalue weighted by Gasteiger charge is -2.30. The maximum absolute atomic E-state index is 10.6. The molecule has 1 aromatic heterocycles. The van der Waals surface area contributed by atoms with Crippen LogP contribution in [0.15, 0.2) is 30.6 Å². The minimum atomic E-state index is -0.643. The summed E-state index contributed by atoms with van der Waals surface area (Å²) in [5.74, 6) is 0. The fourth-order valence-corrected chi connectivity index (χ4v) is 3.05. The van der Waals surface area contributed by atoms with Crippen LogP contribution in [-0.4, -0.2) is 43.9 Å². The number of nitro groups is 1. The fourth-order valence-electron chi connectivity index (χ4n) is 2.86. The van der Waals surface area contributed by atoms with Gasteiger partial charge in [-0.05, 0) is 29.7 Å². The molecule has 0 bridgehead atoms. The zero-order valence-corrected chi connectivity index (χ0v) is 13.2. The summed E-state index contributed by atoms with van der Waals surface area (Å²) in [6.45, 7) is 2.32. The van der Waals surface area contributed by atoms with Crippen LogP contribution in [0.5, 0.6) is 0 Å². The molecule has 23 heavy (non-hydrogen) atoms. The highest BCUT2D eigenvalue weighted by Crippen LogP contribution is 2.22. The minimum Gasteiger partial charge on any atom is -0.390 e. The number of hydrogen-bond donors (Lipinski definition) is 1. The van der Waals surface area contributed by atoms with Crippen LogP contribution in [0, 0.1) is 10.1 Å². The second-order valence-corrected chi connectivity index (χ2v) is 6.17. The van der Waals surface area contributed by atoms with Crippen molar-refractivity contribution in [2.24, 2.45) is 0 Å². The molecule has 3 rings (SSSR count). The molecule has 122 valence electrons. The maximum atomic E-state index is 10.6. The summed E-state index contributed by atoms with van der Waals surface area (Å²) in [7, 11) is 0. The second kappa shape index (κ2) is 6.66.